The Morgan fingerprint density at radius 2 is 2.12 bits per heavy atom. The van der Waals surface area contributed by atoms with Crippen LogP contribution in [0.5, 0.6) is 0 Å². The summed E-state index contributed by atoms with van der Waals surface area (Å²) in [4.78, 5) is 28.3. The molecule has 0 atom stereocenters. The van der Waals surface area contributed by atoms with Crippen LogP contribution < -0.4 is 10.2 Å². The third-order valence-electron chi connectivity index (χ3n) is 2.77. The molecule has 1 aromatic rings. The predicted octanol–water partition coefficient (Wildman–Crippen LogP) is 1.65. The average Bonchev–Trinajstić information content (AvgIpc) is 2.29. The molecule has 5 heteroatoms. The summed E-state index contributed by atoms with van der Waals surface area (Å²) in [5.74, 6) is 0.762. The van der Waals surface area contributed by atoms with Gasteiger partial charge in [0.05, 0.1) is 0 Å². The fourth-order valence-corrected chi connectivity index (χ4v) is 1.68. The van der Waals surface area contributed by atoms with Crippen LogP contribution in [-0.4, -0.2) is 23.5 Å². The number of amides is 3. The molecule has 1 aliphatic heterocycles. The number of hydrogen-bond donors (Lipinski definition) is 1. The van der Waals surface area contributed by atoms with Gasteiger partial charge in [0.2, 0.25) is 5.91 Å². The second-order valence-electron chi connectivity index (χ2n) is 4.36. The molecule has 0 radical (unpaired) electrons. The van der Waals surface area contributed by atoms with Crippen molar-refractivity contribution in [1.82, 2.24) is 10.3 Å². The number of nitrogens with zero attached hydrogens (tertiary/aromatic N) is 2. The van der Waals surface area contributed by atoms with E-state index in [1.807, 2.05) is 12.1 Å². The monoisotopic (exact) mass is 233 g/mol. The Bertz CT molecular complexity index is 440. The molecule has 1 aromatic heterocycles. The highest BCUT2D eigenvalue weighted by Gasteiger charge is 2.24. The van der Waals surface area contributed by atoms with Gasteiger partial charge in [0, 0.05) is 19.2 Å². The number of urea groups is 1. The maximum absolute atomic E-state index is 11.6. The van der Waals surface area contributed by atoms with E-state index >= 15 is 0 Å². The lowest BCUT2D eigenvalue weighted by Gasteiger charge is -2.25. The number of carbonyl (C=O) groups is 2. The molecule has 1 N–H and O–H groups in total. The number of anilines is 1. The number of nitrogens with one attached hydrogen (secondary N) is 1. The summed E-state index contributed by atoms with van der Waals surface area (Å²) in [5, 5.41) is 2.27. The Labute approximate surface area is 99.8 Å². The van der Waals surface area contributed by atoms with Crippen molar-refractivity contribution in [2.75, 3.05) is 11.4 Å². The highest BCUT2D eigenvalue weighted by molar-refractivity contribution is 6.05. The lowest BCUT2D eigenvalue weighted by Crippen LogP contribution is -2.49. The Balaban J connectivity index is 2.17. The van der Waals surface area contributed by atoms with E-state index in [9.17, 15) is 9.59 Å². The van der Waals surface area contributed by atoms with Crippen molar-refractivity contribution < 1.29 is 9.59 Å². The van der Waals surface area contributed by atoms with Gasteiger partial charge in [-0.05, 0) is 17.5 Å². The van der Waals surface area contributed by atoms with Crippen LogP contribution in [0.15, 0.2) is 18.3 Å². The molecule has 2 heterocycles. The lowest BCUT2D eigenvalue weighted by atomic mass is 10.1. The number of hydrogen-bond acceptors (Lipinski definition) is 3. The van der Waals surface area contributed by atoms with Gasteiger partial charge in [0.1, 0.15) is 5.82 Å². The molecular weight excluding hydrogens is 218 g/mol. The first-order chi connectivity index (χ1) is 8.08. The Hall–Kier alpha value is -1.91. The molecular formula is C12H15N3O2. The Kier molecular flexibility index (Phi) is 3.08. The molecule has 5 nitrogen and oxygen atoms in total. The summed E-state index contributed by atoms with van der Waals surface area (Å²) in [5.41, 5.74) is 1.13. The second-order valence-corrected chi connectivity index (χ2v) is 4.36. The van der Waals surface area contributed by atoms with E-state index in [2.05, 4.69) is 24.1 Å². The summed E-state index contributed by atoms with van der Waals surface area (Å²) < 4.78 is 0. The third-order valence-corrected chi connectivity index (χ3v) is 2.77. The zero-order valence-corrected chi connectivity index (χ0v) is 9.93. The second kappa shape index (κ2) is 4.53. The average molecular weight is 233 g/mol. The van der Waals surface area contributed by atoms with Crippen LogP contribution in [0.25, 0.3) is 0 Å². The van der Waals surface area contributed by atoms with Crippen LogP contribution in [-0.2, 0) is 4.79 Å². The number of carbonyl (C=O) groups excluding carboxylic acids is 2. The van der Waals surface area contributed by atoms with Crippen molar-refractivity contribution >= 4 is 17.8 Å². The number of pyridine rings is 1. The van der Waals surface area contributed by atoms with Gasteiger partial charge >= 0.3 is 6.03 Å². The molecule has 0 aromatic carbocycles. The van der Waals surface area contributed by atoms with Crippen molar-refractivity contribution in [3.8, 4) is 0 Å². The minimum atomic E-state index is -0.397. The van der Waals surface area contributed by atoms with Crippen molar-refractivity contribution in [3.05, 3.63) is 23.9 Å². The van der Waals surface area contributed by atoms with Crippen LogP contribution in [0.4, 0.5) is 10.6 Å². The zero-order chi connectivity index (χ0) is 12.4. The van der Waals surface area contributed by atoms with Crippen LogP contribution in [0.3, 0.4) is 0 Å². The maximum atomic E-state index is 11.6. The lowest BCUT2D eigenvalue weighted by molar-refractivity contribution is -0.120. The molecule has 90 valence electrons. The largest absolute Gasteiger partial charge is 0.329 e. The molecule has 0 spiro atoms. The minimum absolute atomic E-state index is 0.231. The van der Waals surface area contributed by atoms with E-state index in [-0.39, 0.29) is 5.91 Å². The van der Waals surface area contributed by atoms with Gasteiger partial charge in [0.15, 0.2) is 0 Å². The fourth-order valence-electron chi connectivity index (χ4n) is 1.68. The normalized spacial score (nSPS) is 16.3. The van der Waals surface area contributed by atoms with Crippen LogP contribution in [0, 0.1) is 0 Å². The molecule has 1 fully saturated rings. The molecule has 3 amide bonds. The summed E-state index contributed by atoms with van der Waals surface area (Å²) in [6.45, 7) is 4.56. The molecule has 0 unspecified atom stereocenters. The first kappa shape index (κ1) is 11.6. The van der Waals surface area contributed by atoms with E-state index in [1.165, 1.54) is 4.90 Å². The first-order valence-corrected chi connectivity index (χ1v) is 5.65. The topological polar surface area (TPSA) is 62.3 Å². The molecule has 2 rings (SSSR count). The molecule has 0 aliphatic carbocycles. The van der Waals surface area contributed by atoms with Gasteiger partial charge in [-0.2, -0.15) is 0 Å². The van der Waals surface area contributed by atoms with Crippen molar-refractivity contribution in [2.45, 2.75) is 26.2 Å². The van der Waals surface area contributed by atoms with E-state index in [0.29, 0.717) is 24.7 Å². The molecule has 0 bridgehead atoms. The van der Waals surface area contributed by atoms with Gasteiger partial charge < -0.3 is 0 Å². The fraction of sp³-hybridized carbons (Fsp3) is 0.417. The molecule has 1 saturated heterocycles. The highest BCUT2D eigenvalue weighted by atomic mass is 16.2. The summed E-state index contributed by atoms with van der Waals surface area (Å²) in [6, 6.07) is 3.37. The van der Waals surface area contributed by atoms with Crippen LogP contribution >= 0.6 is 0 Å². The highest BCUT2D eigenvalue weighted by Crippen LogP contribution is 2.18. The maximum Gasteiger partial charge on any atom is 0.329 e. The quantitative estimate of drug-likeness (QED) is 0.844. The third kappa shape index (κ3) is 2.43. The SMILES string of the molecule is CC(C)c1ccc(N2CCC(=O)NC2=O)nc1. The van der Waals surface area contributed by atoms with E-state index in [1.54, 1.807) is 6.20 Å². The Morgan fingerprint density at radius 3 is 2.65 bits per heavy atom. The molecule has 1 aliphatic rings. The zero-order valence-electron chi connectivity index (χ0n) is 9.93. The number of rotatable bonds is 2. The summed E-state index contributed by atoms with van der Waals surface area (Å²) in [6.07, 6.45) is 2.09. The minimum Gasteiger partial charge on any atom is -0.278 e. The number of imide groups is 1. The van der Waals surface area contributed by atoms with Crippen LogP contribution in [0.2, 0.25) is 0 Å². The van der Waals surface area contributed by atoms with Gasteiger partial charge in [-0.3, -0.25) is 15.0 Å². The first-order valence-electron chi connectivity index (χ1n) is 5.65. The van der Waals surface area contributed by atoms with E-state index in [0.717, 1.165) is 5.56 Å². The van der Waals surface area contributed by atoms with Gasteiger partial charge in [-0.15, -0.1) is 0 Å². The van der Waals surface area contributed by atoms with Gasteiger partial charge in [-0.1, -0.05) is 19.9 Å². The van der Waals surface area contributed by atoms with E-state index < -0.39 is 6.03 Å². The van der Waals surface area contributed by atoms with Crippen molar-refractivity contribution in [1.29, 1.82) is 0 Å². The predicted molar refractivity (Wildman–Crippen MR) is 63.8 cm³/mol. The number of aromatic nitrogens is 1. The Morgan fingerprint density at radius 1 is 1.35 bits per heavy atom. The smallest absolute Gasteiger partial charge is 0.278 e. The standard InChI is InChI=1S/C12H15N3O2/c1-8(2)9-3-4-10(13-7-9)15-6-5-11(16)14-12(15)17/h3-4,7-8H,5-6H2,1-2H3,(H,14,16,17). The van der Waals surface area contributed by atoms with Crippen molar-refractivity contribution in [2.24, 2.45) is 0 Å². The summed E-state index contributed by atoms with van der Waals surface area (Å²) >= 11 is 0. The molecule has 0 saturated carbocycles. The van der Waals surface area contributed by atoms with Crippen molar-refractivity contribution in [3.63, 3.8) is 0 Å². The van der Waals surface area contributed by atoms with Gasteiger partial charge in [0.25, 0.3) is 0 Å². The van der Waals surface area contributed by atoms with Gasteiger partial charge in [-0.25, -0.2) is 9.78 Å². The van der Waals surface area contributed by atoms with E-state index in [4.69, 9.17) is 0 Å². The summed E-state index contributed by atoms with van der Waals surface area (Å²) in [7, 11) is 0. The molecule has 17 heavy (non-hydrogen) atoms. The van der Waals surface area contributed by atoms with Crippen LogP contribution in [0.1, 0.15) is 31.7 Å².